The van der Waals surface area contributed by atoms with Gasteiger partial charge in [-0.1, -0.05) is 15.9 Å². The maximum Gasteiger partial charge on any atom is 0.287 e. The minimum absolute atomic E-state index is 0.214. The molecule has 1 N–H and O–H groups in total. The lowest BCUT2D eigenvalue weighted by Crippen LogP contribution is -2.24. The molecule has 0 unspecified atom stereocenters. The highest BCUT2D eigenvalue weighted by Crippen LogP contribution is 2.12. The standard InChI is InChI=1S/C10H13BrClNO3/c11-4-7-15-6-1-5-13-10(14)8-2-3-9(12)16-8/h2-3H,1,4-7H2,(H,13,14). The lowest BCUT2D eigenvalue weighted by Gasteiger charge is -2.03. The van der Waals surface area contributed by atoms with Crippen LogP contribution in [0.5, 0.6) is 0 Å². The largest absolute Gasteiger partial charge is 0.440 e. The number of amides is 1. The Bertz CT molecular complexity index is 330. The normalized spacial score (nSPS) is 10.4. The highest BCUT2D eigenvalue weighted by Gasteiger charge is 2.08. The number of hydrogen-bond donors (Lipinski definition) is 1. The molecule has 1 rings (SSSR count). The van der Waals surface area contributed by atoms with Crippen molar-refractivity contribution in [1.29, 1.82) is 0 Å². The predicted octanol–water partition coefficient (Wildman–Crippen LogP) is 2.46. The molecule has 0 aromatic carbocycles. The molecule has 1 amide bonds. The topological polar surface area (TPSA) is 51.5 Å². The molecule has 0 fully saturated rings. The van der Waals surface area contributed by atoms with Crippen molar-refractivity contribution in [1.82, 2.24) is 5.32 Å². The van der Waals surface area contributed by atoms with Crippen LogP contribution in [0.2, 0.25) is 5.22 Å². The quantitative estimate of drug-likeness (QED) is 0.622. The van der Waals surface area contributed by atoms with Crippen LogP contribution in [-0.4, -0.2) is 31.0 Å². The van der Waals surface area contributed by atoms with Gasteiger partial charge in [-0.05, 0) is 30.2 Å². The number of ether oxygens (including phenoxy) is 1. The molecule has 1 aromatic heterocycles. The van der Waals surface area contributed by atoms with E-state index in [2.05, 4.69) is 21.2 Å². The van der Waals surface area contributed by atoms with Crippen molar-refractivity contribution >= 4 is 33.4 Å². The van der Waals surface area contributed by atoms with Crippen molar-refractivity contribution in [2.24, 2.45) is 0 Å². The van der Waals surface area contributed by atoms with Gasteiger partial charge in [0.15, 0.2) is 11.0 Å². The summed E-state index contributed by atoms with van der Waals surface area (Å²) < 4.78 is 10.2. The molecule has 0 aliphatic heterocycles. The summed E-state index contributed by atoms with van der Waals surface area (Å²) in [7, 11) is 0. The van der Waals surface area contributed by atoms with Crippen molar-refractivity contribution in [3.63, 3.8) is 0 Å². The lowest BCUT2D eigenvalue weighted by molar-refractivity contribution is 0.0917. The second kappa shape index (κ2) is 7.70. The summed E-state index contributed by atoms with van der Waals surface area (Å²) in [6.07, 6.45) is 0.771. The van der Waals surface area contributed by atoms with Gasteiger partial charge in [-0.15, -0.1) is 0 Å². The average molecular weight is 311 g/mol. The third kappa shape index (κ3) is 5.01. The van der Waals surface area contributed by atoms with Crippen LogP contribution < -0.4 is 5.32 Å². The number of nitrogens with one attached hydrogen (secondary N) is 1. The molecule has 1 heterocycles. The first-order valence-electron chi connectivity index (χ1n) is 4.91. The van der Waals surface area contributed by atoms with Gasteiger partial charge in [0.25, 0.3) is 5.91 Å². The maximum absolute atomic E-state index is 11.4. The van der Waals surface area contributed by atoms with Crippen molar-refractivity contribution in [3.8, 4) is 0 Å². The number of hydrogen-bond acceptors (Lipinski definition) is 3. The van der Waals surface area contributed by atoms with Crippen molar-refractivity contribution in [3.05, 3.63) is 23.1 Å². The summed E-state index contributed by atoms with van der Waals surface area (Å²) in [5, 5.41) is 3.74. The van der Waals surface area contributed by atoms with E-state index in [0.717, 1.165) is 11.8 Å². The first-order chi connectivity index (χ1) is 7.74. The molecule has 0 radical (unpaired) electrons. The Balaban J connectivity index is 2.11. The van der Waals surface area contributed by atoms with Gasteiger partial charge in [0, 0.05) is 18.5 Å². The van der Waals surface area contributed by atoms with E-state index in [4.69, 9.17) is 20.8 Å². The highest BCUT2D eigenvalue weighted by atomic mass is 79.9. The number of halogens is 2. The number of carbonyl (C=O) groups is 1. The molecule has 0 saturated carbocycles. The van der Waals surface area contributed by atoms with Gasteiger partial charge in [0.2, 0.25) is 0 Å². The van der Waals surface area contributed by atoms with E-state index in [1.165, 1.54) is 6.07 Å². The van der Waals surface area contributed by atoms with Gasteiger partial charge < -0.3 is 14.5 Å². The van der Waals surface area contributed by atoms with Crippen LogP contribution in [-0.2, 0) is 4.74 Å². The molecular formula is C10H13BrClNO3. The molecule has 4 nitrogen and oxygen atoms in total. The maximum atomic E-state index is 11.4. The van der Waals surface area contributed by atoms with Gasteiger partial charge >= 0.3 is 0 Å². The zero-order valence-corrected chi connectivity index (χ0v) is 11.0. The van der Waals surface area contributed by atoms with Crippen LogP contribution in [0, 0.1) is 0 Å². The molecule has 0 saturated heterocycles. The second-order valence-electron chi connectivity index (χ2n) is 3.01. The Morgan fingerprint density at radius 2 is 2.31 bits per heavy atom. The SMILES string of the molecule is O=C(NCCCOCCBr)c1ccc(Cl)o1. The summed E-state index contributed by atoms with van der Waals surface area (Å²) in [6, 6.07) is 3.08. The van der Waals surface area contributed by atoms with Crippen LogP contribution in [0.25, 0.3) is 0 Å². The third-order valence-corrected chi connectivity index (χ3v) is 2.30. The van der Waals surface area contributed by atoms with E-state index in [9.17, 15) is 4.79 Å². The minimum atomic E-state index is -0.257. The smallest absolute Gasteiger partial charge is 0.287 e. The summed E-state index contributed by atoms with van der Waals surface area (Å²) in [5.41, 5.74) is 0. The summed E-state index contributed by atoms with van der Waals surface area (Å²) >= 11 is 8.81. The number of furan rings is 1. The lowest BCUT2D eigenvalue weighted by atomic mass is 10.4. The van der Waals surface area contributed by atoms with Crippen LogP contribution in [0.4, 0.5) is 0 Å². The van der Waals surface area contributed by atoms with E-state index >= 15 is 0 Å². The Morgan fingerprint density at radius 1 is 1.50 bits per heavy atom. The number of rotatable bonds is 7. The molecule has 0 aliphatic rings. The van der Waals surface area contributed by atoms with Crippen molar-refractivity contribution < 1.29 is 13.9 Å². The van der Waals surface area contributed by atoms with Crippen molar-refractivity contribution in [2.45, 2.75) is 6.42 Å². The van der Waals surface area contributed by atoms with E-state index in [1.54, 1.807) is 6.07 Å². The molecule has 0 spiro atoms. The zero-order valence-electron chi connectivity index (χ0n) is 8.67. The third-order valence-electron chi connectivity index (χ3n) is 1.77. The van der Waals surface area contributed by atoms with Crippen molar-refractivity contribution in [2.75, 3.05) is 25.1 Å². The van der Waals surface area contributed by atoms with Crippen LogP contribution >= 0.6 is 27.5 Å². The van der Waals surface area contributed by atoms with Gasteiger partial charge in [-0.2, -0.15) is 0 Å². The zero-order chi connectivity index (χ0) is 11.8. The Hall–Kier alpha value is -0.520. The Morgan fingerprint density at radius 3 is 2.94 bits per heavy atom. The summed E-state index contributed by atoms with van der Waals surface area (Å²) in [5.74, 6) is -0.0289. The fourth-order valence-electron chi connectivity index (χ4n) is 1.06. The molecule has 0 atom stereocenters. The summed E-state index contributed by atoms with van der Waals surface area (Å²) in [4.78, 5) is 11.4. The Kier molecular flexibility index (Phi) is 6.52. The second-order valence-corrected chi connectivity index (χ2v) is 4.18. The van der Waals surface area contributed by atoms with E-state index in [1.807, 2.05) is 0 Å². The Labute approximate surface area is 107 Å². The molecule has 0 aliphatic carbocycles. The average Bonchev–Trinajstić information content (AvgIpc) is 2.70. The molecule has 1 aromatic rings. The highest BCUT2D eigenvalue weighted by molar-refractivity contribution is 9.09. The molecule has 6 heteroatoms. The van der Waals surface area contributed by atoms with E-state index < -0.39 is 0 Å². The fraction of sp³-hybridized carbons (Fsp3) is 0.500. The van der Waals surface area contributed by atoms with Gasteiger partial charge in [0.05, 0.1) is 6.61 Å². The van der Waals surface area contributed by atoms with Crippen LogP contribution in [0.3, 0.4) is 0 Å². The predicted molar refractivity (Wildman–Crippen MR) is 65.3 cm³/mol. The molecule has 90 valence electrons. The molecule has 0 bridgehead atoms. The first kappa shape index (κ1) is 13.5. The van der Waals surface area contributed by atoms with E-state index in [-0.39, 0.29) is 16.9 Å². The number of carbonyl (C=O) groups excluding carboxylic acids is 1. The molecular weight excluding hydrogens is 297 g/mol. The molecule has 16 heavy (non-hydrogen) atoms. The van der Waals surface area contributed by atoms with Crippen LogP contribution in [0.15, 0.2) is 16.5 Å². The minimum Gasteiger partial charge on any atom is -0.440 e. The first-order valence-corrected chi connectivity index (χ1v) is 6.41. The number of alkyl halides is 1. The van der Waals surface area contributed by atoms with Gasteiger partial charge in [-0.3, -0.25) is 4.79 Å². The van der Waals surface area contributed by atoms with Gasteiger partial charge in [0.1, 0.15) is 0 Å². The monoisotopic (exact) mass is 309 g/mol. The van der Waals surface area contributed by atoms with Crippen LogP contribution in [0.1, 0.15) is 17.0 Å². The van der Waals surface area contributed by atoms with Gasteiger partial charge in [-0.25, -0.2) is 0 Å². The summed E-state index contributed by atoms with van der Waals surface area (Å²) in [6.45, 7) is 1.87. The fourth-order valence-corrected chi connectivity index (χ4v) is 1.43. The van der Waals surface area contributed by atoms with E-state index in [0.29, 0.717) is 19.8 Å².